The maximum atomic E-state index is 9.70. The van der Waals surface area contributed by atoms with E-state index in [-0.39, 0.29) is 58.6 Å². The van der Waals surface area contributed by atoms with Gasteiger partial charge in [0.05, 0.1) is 17.8 Å². The van der Waals surface area contributed by atoms with Crippen LogP contribution in [0, 0.1) is 58.6 Å². The van der Waals surface area contributed by atoms with Crippen molar-refractivity contribution in [2.75, 3.05) is 0 Å². The molecule has 0 bridgehead atoms. The second-order valence-corrected chi connectivity index (χ2v) is 4.48. The molecule has 0 amide bonds. The number of hydrogen-bond acceptors (Lipinski definition) is 3. The summed E-state index contributed by atoms with van der Waals surface area (Å²) in [6.45, 7) is 9.85. The fourth-order valence-electron chi connectivity index (χ4n) is 0. The summed E-state index contributed by atoms with van der Waals surface area (Å²) >= 11 is 0. The van der Waals surface area contributed by atoms with Crippen LogP contribution in [-0.4, -0.2) is 33.2 Å². The van der Waals surface area contributed by atoms with E-state index in [0.29, 0.717) is 0 Å². The Balaban J connectivity index is -0.0000000865. The van der Waals surface area contributed by atoms with E-state index in [9.17, 15) is 14.4 Å². The molecule has 0 rings (SSSR count). The molecule has 7 heteroatoms. The van der Waals surface area contributed by atoms with Gasteiger partial charge in [-0.2, -0.15) is 0 Å². The number of rotatable bonds is 3. The Labute approximate surface area is 147 Å². The SMILES string of the molecule is CC(C)C(=O)O.CC(C)C(=O)O.CC(C)C(=O)O.[Nd]. The van der Waals surface area contributed by atoms with Crippen molar-refractivity contribution in [3.05, 3.63) is 0 Å². The Kier molecular flexibility index (Phi) is 22.6. The van der Waals surface area contributed by atoms with Crippen LogP contribution in [0.2, 0.25) is 0 Å². The van der Waals surface area contributed by atoms with Crippen LogP contribution in [0.25, 0.3) is 0 Å². The quantitative estimate of drug-likeness (QED) is 0.660. The Morgan fingerprint density at radius 3 is 0.632 bits per heavy atom. The minimum absolute atomic E-state index is 0. The van der Waals surface area contributed by atoms with Gasteiger partial charge in [0.15, 0.2) is 0 Å². The van der Waals surface area contributed by atoms with Gasteiger partial charge in [0.2, 0.25) is 0 Å². The third kappa shape index (κ3) is 31.9. The van der Waals surface area contributed by atoms with Crippen molar-refractivity contribution in [2.45, 2.75) is 41.5 Å². The van der Waals surface area contributed by atoms with Crippen LogP contribution in [0.5, 0.6) is 0 Å². The van der Waals surface area contributed by atoms with E-state index in [1.54, 1.807) is 41.5 Å². The van der Waals surface area contributed by atoms with Crippen LogP contribution in [0.4, 0.5) is 0 Å². The van der Waals surface area contributed by atoms with Gasteiger partial charge in [-0.1, -0.05) is 41.5 Å². The summed E-state index contributed by atoms with van der Waals surface area (Å²) in [6.07, 6.45) is 0. The maximum Gasteiger partial charge on any atom is 0.305 e. The van der Waals surface area contributed by atoms with Gasteiger partial charge in [0.1, 0.15) is 0 Å². The van der Waals surface area contributed by atoms with Gasteiger partial charge in [-0.05, 0) is 0 Å². The standard InChI is InChI=1S/3C4H8O2.Nd/c3*1-3(2)4(5)6;/h3*3H,1-2H3,(H,5,6);. The molecule has 112 valence electrons. The summed E-state index contributed by atoms with van der Waals surface area (Å²) in [6, 6.07) is 0. The van der Waals surface area contributed by atoms with E-state index in [1.165, 1.54) is 0 Å². The summed E-state index contributed by atoms with van der Waals surface area (Å²) in [7, 11) is 0. The van der Waals surface area contributed by atoms with Crippen LogP contribution >= 0.6 is 0 Å². The molecule has 6 nitrogen and oxygen atoms in total. The Morgan fingerprint density at radius 2 is 0.632 bits per heavy atom. The minimum Gasteiger partial charge on any atom is -0.481 e. The summed E-state index contributed by atoms with van der Waals surface area (Å²) in [5.74, 6) is -2.92. The molecular formula is C12H24NdO6. The fourth-order valence-corrected chi connectivity index (χ4v) is 0. The van der Waals surface area contributed by atoms with E-state index >= 15 is 0 Å². The molecule has 0 aromatic heterocycles. The smallest absolute Gasteiger partial charge is 0.305 e. The number of carboxylic acids is 3. The van der Waals surface area contributed by atoms with Crippen molar-refractivity contribution in [2.24, 2.45) is 17.8 Å². The van der Waals surface area contributed by atoms with Crippen molar-refractivity contribution in [3.63, 3.8) is 0 Å². The largest absolute Gasteiger partial charge is 0.481 e. The minimum atomic E-state index is -0.741. The monoisotopic (exact) mass is 406 g/mol. The maximum absolute atomic E-state index is 9.70. The molecule has 0 saturated carbocycles. The third-order valence-corrected chi connectivity index (χ3v) is 1.48. The topological polar surface area (TPSA) is 112 Å². The molecule has 3 N–H and O–H groups in total. The van der Waals surface area contributed by atoms with Crippen molar-refractivity contribution in [1.29, 1.82) is 0 Å². The second kappa shape index (κ2) is 15.8. The molecule has 0 aliphatic heterocycles. The van der Waals surface area contributed by atoms with Crippen molar-refractivity contribution >= 4 is 17.9 Å². The zero-order chi connectivity index (χ0) is 15.5. The molecular weight excluding hydrogens is 384 g/mol. The van der Waals surface area contributed by atoms with Gasteiger partial charge in [-0.15, -0.1) is 0 Å². The summed E-state index contributed by atoms with van der Waals surface area (Å²) < 4.78 is 0. The zero-order valence-electron chi connectivity index (χ0n) is 12.3. The van der Waals surface area contributed by atoms with Crippen LogP contribution in [-0.2, 0) is 14.4 Å². The zero-order valence-corrected chi connectivity index (χ0v) is 15.5. The summed E-state index contributed by atoms with van der Waals surface area (Å²) in [5.41, 5.74) is 0. The molecule has 0 unspecified atom stereocenters. The molecule has 0 fully saturated rings. The average molecular weight is 409 g/mol. The van der Waals surface area contributed by atoms with Gasteiger partial charge in [0.25, 0.3) is 0 Å². The van der Waals surface area contributed by atoms with E-state index in [0.717, 1.165) is 0 Å². The first kappa shape index (κ1) is 27.2. The first-order valence-electron chi connectivity index (χ1n) is 5.61. The molecule has 0 aromatic rings. The first-order valence-corrected chi connectivity index (χ1v) is 5.61. The summed E-state index contributed by atoms with van der Waals surface area (Å²) in [4.78, 5) is 29.1. The van der Waals surface area contributed by atoms with Gasteiger partial charge < -0.3 is 15.3 Å². The van der Waals surface area contributed by atoms with Crippen LogP contribution < -0.4 is 0 Å². The van der Waals surface area contributed by atoms with Gasteiger partial charge in [-0.25, -0.2) is 0 Å². The van der Waals surface area contributed by atoms with Crippen molar-refractivity contribution < 1.29 is 70.5 Å². The normalized spacial score (nSPS) is 8.68. The Bertz CT molecular complexity index is 218. The predicted octanol–water partition coefficient (Wildman–Crippen LogP) is 2.18. The first-order chi connectivity index (χ1) is 7.93. The Morgan fingerprint density at radius 1 is 0.579 bits per heavy atom. The fraction of sp³-hybridized carbons (Fsp3) is 0.750. The van der Waals surface area contributed by atoms with E-state index < -0.39 is 17.9 Å². The molecule has 19 heavy (non-hydrogen) atoms. The van der Waals surface area contributed by atoms with E-state index in [2.05, 4.69) is 0 Å². The van der Waals surface area contributed by atoms with Gasteiger partial charge in [-0.3, -0.25) is 14.4 Å². The molecule has 0 heterocycles. The number of carboxylic acid groups (broad SMARTS) is 3. The second-order valence-electron chi connectivity index (χ2n) is 4.48. The van der Waals surface area contributed by atoms with E-state index in [4.69, 9.17) is 15.3 Å². The molecule has 0 aliphatic carbocycles. The number of carbonyl (C=O) groups is 3. The van der Waals surface area contributed by atoms with Crippen molar-refractivity contribution in [1.82, 2.24) is 0 Å². The summed E-state index contributed by atoms with van der Waals surface area (Å²) in [5, 5.41) is 24.0. The molecule has 0 atom stereocenters. The predicted molar refractivity (Wildman–Crippen MR) is 67.4 cm³/mol. The molecule has 0 saturated heterocycles. The van der Waals surface area contributed by atoms with Crippen molar-refractivity contribution in [3.8, 4) is 0 Å². The number of hydrogen-bond donors (Lipinski definition) is 3. The van der Waals surface area contributed by atoms with Crippen LogP contribution in [0.1, 0.15) is 41.5 Å². The number of aliphatic carboxylic acids is 3. The van der Waals surface area contributed by atoms with Gasteiger partial charge >= 0.3 is 17.9 Å². The van der Waals surface area contributed by atoms with Crippen LogP contribution in [0.3, 0.4) is 0 Å². The van der Waals surface area contributed by atoms with Gasteiger partial charge in [0, 0.05) is 40.8 Å². The molecule has 0 radical (unpaired) electrons. The third-order valence-electron chi connectivity index (χ3n) is 1.48. The molecule has 0 aromatic carbocycles. The molecule has 0 spiro atoms. The van der Waals surface area contributed by atoms with Crippen LogP contribution in [0.15, 0.2) is 0 Å². The Hall–Kier alpha value is -0.239. The molecule has 0 aliphatic rings. The van der Waals surface area contributed by atoms with E-state index in [1.807, 2.05) is 0 Å². The average Bonchev–Trinajstić information content (AvgIpc) is 2.18.